The fraction of sp³-hybridized carbons (Fsp3) is 0.273. The average Bonchev–Trinajstić information content (AvgIpc) is 2.16. The Morgan fingerprint density at radius 3 is 2.69 bits per heavy atom. The second-order valence-electron chi connectivity index (χ2n) is 2.87. The van der Waals surface area contributed by atoms with Gasteiger partial charge in [-0.25, -0.2) is 0 Å². The van der Waals surface area contributed by atoms with Crippen molar-refractivity contribution in [2.75, 3.05) is 6.61 Å². The van der Waals surface area contributed by atoms with Gasteiger partial charge in [0, 0.05) is 5.92 Å². The van der Waals surface area contributed by atoms with Gasteiger partial charge in [-0.3, -0.25) is 0 Å². The fourth-order valence-electron chi connectivity index (χ4n) is 0.826. The molecule has 0 radical (unpaired) electrons. The van der Waals surface area contributed by atoms with Crippen LogP contribution in [0.5, 0.6) is 5.75 Å². The van der Waals surface area contributed by atoms with Gasteiger partial charge in [-0.05, 0) is 19.1 Å². The lowest BCUT2D eigenvalue weighted by Crippen LogP contribution is -1.95. The number of hydrogen-bond acceptors (Lipinski definition) is 2. The van der Waals surface area contributed by atoms with Crippen LogP contribution in [-0.2, 0) is 0 Å². The maximum Gasteiger partial charge on any atom is 0.131 e. The van der Waals surface area contributed by atoms with Crippen LogP contribution in [0.1, 0.15) is 12.5 Å². The summed E-state index contributed by atoms with van der Waals surface area (Å²) in [7, 11) is 0. The summed E-state index contributed by atoms with van der Waals surface area (Å²) in [5.74, 6) is 5.76. The van der Waals surface area contributed by atoms with Crippen LogP contribution in [0.4, 0.5) is 0 Å². The maximum atomic E-state index is 9.33. The Balaban J connectivity index is 2.83. The summed E-state index contributed by atoms with van der Waals surface area (Å²) in [6.45, 7) is 1.87. The first kappa shape index (κ1) is 9.63. The first-order chi connectivity index (χ1) is 6.24. The van der Waals surface area contributed by atoms with Crippen LogP contribution in [0.25, 0.3) is 0 Å². The highest BCUT2D eigenvalue weighted by Crippen LogP contribution is 2.13. The molecule has 0 aromatic heterocycles. The molecule has 0 heterocycles. The second kappa shape index (κ2) is 4.54. The van der Waals surface area contributed by atoms with Gasteiger partial charge in [0.2, 0.25) is 0 Å². The highest BCUT2D eigenvalue weighted by molar-refractivity contribution is 5.44. The van der Waals surface area contributed by atoms with Gasteiger partial charge >= 0.3 is 0 Å². The van der Waals surface area contributed by atoms with Crippen LogP contribution in [0, 0.1) is 17.8 Å². The van der Waals surface area contributed by atoms with E-state index in [1.54, 1.807) is 18.2 Å². The second-order valence-corrected chi connectivity index (χ2v) is 2.87. The van der Waals surface area contributed by atoms with Crippen molar-refractivity contribution in [3.05, 3.63) is 29.8 Å². The van der Waals surface area contributed by atoms with Crippen LogP contribution in [0.15, 0.2) is 24.3 Å². The maximum absolute atomic E-state index is 9.33. The van der Waals surface area contributed by atoms with Crippen molar-refractivity contribution in [2.45, 2.75) is 6.92 Å². The Labute approximate surface area is 77.8 Å². The number of aliphatic hydroxyl groups is 1. The minimum Gasteiger partial charge on any atom is -0.507 e. The van der Waals surface area contributed by atoms with Crippen LogP contribution in [-0.4, -0.2) is 16.8 Å². The van der Waals surface area contributed by atoms with Gasteiger partial charge in [0.1, 0.15) is 5.75 Å². The highest BCUT2D eigenvalue weighted by atomic mass is 16.3. The zero-order valence-corrected chi connectivity index (χ0v) is 7.49. The molecule has 1 aromatic rings. The molecule has 0 saturated heterocycles. The van der Waals surface area contributed by atoms with E-state index in [-0.39, 0.29) is 18.3 Å². The molecular weight excluding hydrogens is 164 g/mol. The lowest BCUT2D eigenvalue weighted by atomic mass is 10.1. The number of benzene rings is 1. The minimum absolute atomic E-state index is 0.0423. The van der Waals surface area contributed by atoms with E-state index < -0.39 is 0 Å². The topological polar surface area (TPSA) is 40.5 Å². The normalized spacial score (nSPS) is 11.5. The Kier molecular flexibility index (Phi) is 3.36. The third-order valence-corrected chi connectivity index (χ3v) is 1.63. The number of hydrogen-bond donors (Lipinski definition) is 2. The molecule has 2 nitrogen and oxygen atoms in total. The largest absolute Gasteiger partial charge is 0.507 e. The quantitative estimate of drug-likeness (QED) is 0.634. The molecule has 2 heteroatoms. The summed E-state index contributed by atoms with van der Waals surface area (Å²) in [6, 6.07) is 6.89. The zero-order valence-electron chi connectivity index (χ0n) is 7.49. The van der Waals surface area contributed by atoms with Crippen LogP contribution < -0.4 is 0 Å². The molecule has 1 rings (SSSR count). The van der Waals surface area contributed by atoms with Gasteiger partial charge in [-0.15, -0.1) is 0 Å². The predicted octanol–water partition coefficient (Wildman–Crippen LogP) is 1.37. The number of para-hydroxylation sites is 1. The number of phenolic OH excluding ortho intramolecular Hbond substituents is 1. The molecule has 0 amide bonds. The average molecular weight is 176 g/mol. The van der Waals surface area contributed by atoms with Crippen LogP contribution in [0.3, 0.4) is 0 Å². The predicted molar refractivity (Wildman–Crippen MR) is 51.2 cm³/mol. The summed E-state index contributed by atoms with van der Waals surface area (Å²) < 4.78 is 0. The fourth-order valence-corrected chi connectivity index (χ4v) is 0.826. The lowest BCUT2D eigenvalue weighted by Gasteiger charge is -1.96. The van der Waals surface area contributed by atoms with Gasteiger partial charge in [0.15, 0.2) is 0 Å². The van der Waals surface area contributed by atoms with Gasteiger partial charge in [-0.2, -0.15) is 0 Å². The Morgan fingerprint density at radius 2 is 2.08 bits per heavy atom. The smallest absolute Gasteiger partial charge is 0.131 e. The first-order valence-corrected chi connectivity index (χ1v) is 4.14. The zero-order chi connectivity index (χ0) is 9.68. The van der Waals surface area contributed by atoms with E-state index in [9.17, 15) is 5.11 Å². The van der Waals surface area contributed by atoms with E-state index in [4.69, 9.17) is 5.11 Å². The monoisotopic (exact) mass is 176 g/mol. The van der Waals surface area contributed by atoms with E-state index >= 15 is 0 Å². The van der Waals surface area contributed by atoms with Crippen molar-refractivity contribution in [1.29, 1.82) is 0 Å². The summed E-state index contributed by atoms with van der Waals surface area (Å²) in [4.78, 5) is 0. The van der Waals surface area contributed by atoms with Gasteiger partial charge in [0.25, 0.3) is 0 Å². The third kappa shape index (κ3) is 2.81. The molecule has 0 saturated carbocycles. The van der Waals surface area contributed by atoms with E-state index in [0.717, 1.165) is 0 Å². The standard InChI is InChI=1S/C11H12O2/c1-9(8-12)6-7-10-4-2-3-5-11(10)13/h2-5,9,12-13H,8H2,1H3. The van der Waals surface area contributed by atoms with E-state index in [2.05, 4.69) is 11.8 Å². The number of rotatable bonds is 1. The molecule has 0 spiro atoms. The molecule has 1 aromatic carbocycles. The Bertz CT molecular complexity index is 333. The van der Waals surface area contributed by atoms with Gasteiger partial charge in [0.05, 0.1) is 12.2 Å². The minimum atomic E-state index is -0.0559. The van der Waals surface area contributed by atoms with Crippen molar-refractivity contribution < 1.29 is 10.2 Å². The number of phenols is 1. The van der Waals surface area contributed by atoms with Crippen molar-refractivity contribution in [1.82, 2.24) is 0 Å². The Morgan fingerprint density at radius 1 is 1.38 bits per heavy atom. The molecular formula is C11H12O2. The molecule has 68 valence electrons. The molecule has 0 aliphatic rings. The molecule has 1 atom stereocenters. The summed E-state index contributed by atoms with van der Waals surface area (Å²) >= 11 is 0. The Hall–Kier alpha value is -1.46. The highest BCUT2D eigenvalue weighted by Gasteiger charge is 1.95. The van der Waals surface area contributed by atoms with Crippen molar-refractivity contribution in [3.8, 4) is 17.6 Å². The molecule has 0 aliphatic carbocycles. The van der Waals surface area contributed by atoms with Gasteiger partial charge in [-0.1, -0.05) is 24.0 Å². The summed E-state index contributed by atoms with van der Waals surface area (Å²) in [6.07, 6.45) is 0. The molecule has 2 N–H and O–H groups in total. The number of aromatic hydroxyl groups is 1. The van der Waals surface area contributed by atoms with E-state index in [1.807, 2.05) is 13.0 Å². The third-order valence-electron chi connectivity index (χ3n) is 1.63. The van der Waals surface area contributed by atoms with Crippen molar-refractivity contribution in [3.63, 3.8) is 0 Å². The molecule has 0 fully saturated rings. The van der Waals surface area contributed by atoms with E-state index in [1.165, 1.54) is 0 Å². The van der Waals surface area contributed by atoms with Gasteiger partial charge < -0.3 is 10.2 Å². The molecule has 13 heavy (non-hydrogen) atoms. The molecule has 0 aliphatic heterocycles. The summed E-state index contributed by atoms with van der Waals surface area (Å²) in [5, 5.41) is 18.0. The molecule has 1 unspecified atom stereocenters. The summed E-state index contributed by atoms with van der Waals surface area (Å²) in [5.41, 5.74) is 0.600. The van der Waals surface area contributed by atoms with Crippen molar-refractivity contribution in [2.24, 2.45) is 5.92 Å². The SMILES string of the molecule is CC(C#Cc1ccccc1O)CO. The lowest BCUT2D eigenvalue weighted by molar-refractivity contribution is 0.266. The molecule has 0 bridgehead atoms. The van der Waals surface area contributed by atoms with Crippen LogP contribution >= 0.6 is 0 Å². The number of aliphatic hydroxyl groups excluding tert-OH is 1. The van der Waals surface area contributed by atoms with E-state index in [0.29, 0.717) is 5.56 Å². The van der Waals surface area contributed by atoms with Crippen molar-refractivity contribution >= 4 is 0 Å². The first-order valence-electron chi connectivity index (χ1n) is 4.14. The van der Waals surface area contributed by atoms with Crippen LogP contribution in [0.2, 0.25) is 0 Å².